The molecule has 2 aliphatic rings. The van der Waals surface area contributed by atoms with Crippen LogP contribution in [0.15, 0.2) is 18.2 Å². The van der Waals surface area contributed by atoms with Crippen LogP contribution in [0, 0.1) is 0 Å². The van der Waals surface area contributed by atoms with E-state index < -0.39 is 0 Å². The summed E-state index contributed by atoms with van der Waals surface area (Å²) in [7, 11) is 2.22. The maximum atomic E-state index is 5.79. The molecule has 0 aliphatic carbocycles. The van der Waals surface area contributed by atoms with Crippen LogP contribution in [0.4, 0.5) is 0 Å². The lowest BCUT2D eigenvalue weighted by molar-refractivity contribution is 0.284. The molecule has 1 aromatic heterocycles. The number of ether oxygens (including phenoxy) is 1. The Hall–Kier alpha value is -1.48. The van der Waals surface area contributed by atoms with Crippen molar-refractivity contribution in [3.8, 4) is 5.75 Å². The van der Waals surface area contributed by atoms with Gasteiger partial charge in [0.2, 0.25) is 0 Å². The summed E-state index contributed by atoms with van der Waals surface area (Å²) in [6, 6.07) is 6.49. The fourth-order valence-corrected chi connectivity index (χ4v) is 3.38. The zero-order valence-electron chi connectivity index (χ0n) is 10.8. The first-order valence-corrected chi connectivity index (χ1v) is 6.79. The summed E-state index contributed by atoms with van der Waals surface area (Å²) in [4.78, 5) is 2.43. The van der Waals surface area contributed by atoms with Gasteiger partial charge in [0.05, 0.1) is 12.1 Å². The zero-order chi connectivity index (χ0) is 12.1. The molecule has 0 amide bonds. The SMILES string of the molecule is CN1CCc2c(n3c4c(cccc24)OCC3)CC1. The predicted octanol–water partition coefficient (Wildman–Crippen LogP) is 2.06. The van der Waals surface area contributed by atoms with E-state index in [0.717, 1.165) is 25.4 Å². The van der Waals surface area contributed by atoms with Gasteiger partial charge in [-0.2, -0.15) is 0 Å². The molecule has 0 atom stereocenters. The quantitative estimate of drug-likeness (QED) is 0.703. The molecule has 0 N–H and O–H groups in total. The third-order valence-electron chi connectivity index (χ3n) is 4.31. The molecular formula is C15H18N2O. The Morgan fingerprint density at radius 3 is 2.94 bits per heavy atom. The highest BCUT2D eigenvalue weighted by atomic mass is 16.5. The van der Waals surface area contributed by atoms with E-state index in [1.807, 2.05) is 0 Å². The van der Waals surface area contributed by atoms with E-state index in [1.165, 1.54) is 30.3 Å². The summed E-state index contributed by atoms with van der Waals surface area (Å²) in [5.74, 6) is 1.07. The fraction of sp³-hybridized carbons (Fsp3) is 0.467. The molecule has 0 saturated heterocycles. The number of benzene rings is 1. The molecule has 94 valence electrons. The number of likely N-dealkylation sites (N-methyl/N-ethyl adjacent to an activating group) is 1. The first-order valence-electron chi connectivity index (χ1n) is 6.79. The second-order valence-electron chi connectivity index (χ2n) is 5.38. The minimum atomic E-state index is 0.809. The number of para-hydroxylation sites is 1. The maximum absolute atomic E-state index is 5.79. The van der Waals surface area contributed by atoms with Crippen LogP contribution in [0.1, 0.15) is 11.3 Å². The molecule has 4 rings (SSSR count). The maximum Gasteiger partial charge on any atom is 0.143 e. The third-order valence-corrected chi connectivity index (χ3v) is 4.31. The predicted molar refractivity (Wildman–Crippen MR) is 72.3 cm³/mol. The minimum Gasteiger partial charge on any atom is -0.490 e. The normalized spacial score (nSPS) is 19.4. The van der Waals surface area contributed by atoms with Gasteiger partial charge in [0.25, 0.3) is 0 Å². The van der Waals surface area contributed by atoms with Gasteiger partial charge in [-0.25, -0.2) is 0 Å². The number of hydrogen-bond acceptors (Lipinski definition) is 2. The largest absolute Gasteiger partial charge is 0.490 e. The van der Waals surface area contributed by atoms with E-state index in [9.17, 15) is 0 Å². The van der Waals surface area contributed by atoms with Crippen molar-refractivity contribution in [1.29, 1.82) is 0 Å². The van der Waals surface area contributed by atoms with Crippen LogP contribution in [-0.4, -0.2) is 36.2 Å². The molecule has 0 spiro atoms. The van der Waals surface area contributed by atoms with Gasteiger partial charge in [0.1, 0.15) is 12.4 Å². The van der Waals surface area contributed by atoms with Gasteiger partial charge < -0.3 is 14.2 Å². The van der Waals surface area contributed by atoms with Crippen LogP contribution in [0.5, 0.6) is 5.75 Å². The van der Waals surface area contributed by atoms with Gasteiger partial charge in [-0.05, 0) is 25.1 Å². The fourth-order valence-electron chi connectivity index (χ4n) is 3.38. The van der Waals surface area contributed by atoms with Crippen LogP contribution >= 0.6 is 0 Å². The van der Waals surface area contributed by atoms with Gasteiger partial charge in [0, 0.05) is 30.6 Å². The monoisotopic (exact) mass is 242 g/mol. The molecular weight excluding hydrogens is 224 g/mol. The van der Waals surface area contributed by atoms with Gasteiger partial charge >= 0.3 is 0 Å². The molecule has 1 aromatic carbocycles. The van der Waals surface area contributed by atoms with Crippen molar-refractivity contribution in [2.45, 2.75) is 19.4 Å². The van der Waals surface area contributed by atoms with Gasteiger partial charge in [-0.1, -0.05) is 12.1 Å². The van der Waals surface area contributed by atoms with Gasteiger partial charge in [-0.3, -0.25) is 0 Å². The Morgan fingerprint density at radius 1 is 1.11 bits per heavy atom. The number of rotatable bonds is 0. The summed E-state index contributed by atoms with van der Waals surface area (Å²) in [5.41, 5.74) is 4.44. The van der Waals surface area contributed by atoms with Crippen LogP contribution < -0.4 is 4.74 Å². The van der Waals surface area contributed by atoms with Crippen molar-refractivity contribution >= 4 is 10.9 Å². The van der Waals surface area contributed by atoms with Crippen molar-refractivity contribution in [2.75, 3.05) is 26.7 Å². The van der Waals surface area contributed by atoms with Crippen molar-refractivity contribution < 1.29 is 4.74 Å². The Kier molecular flexibility index (Phi) is 2.18. The lowest BCUT2D eigenvalue weighted by Crippen LogP contribution is -2.22. The van der Waals surface area contributed by atoms with E-state index in [-0.39, 0.29) is 0 Å². The Morgan fingerprint density at radius 2 is 2.00 bits per heavy atom. The summed E-state index contributed by atoms with van der Waals surface area (Å²) in [6.45, 7) is 4.15. The molecule has 18 heavy (non-hydrogen) atoms. The lowest BCUT2D eigenvalue weighted by Gasteiger charge is -2.19. The number of hydrogen-bond donors (Lipinski definition) is 0. The molecule has 0 unspecified atom stereocenters. The van der Waals surface area contributed by atoms with Crippen LogP contribution in [0.2, 0.25) is 0 Å². The zero-order valence-corrected chi connectivity index (χ0v) is 10.8. The van der Waals surface area contributed by atoms with Crippen LogP contribution in [0.3, 0.4) is 0 Å². The summed E-state index contributed by atoms with van der Waals surface area (Å²) >= 11 is 0. The highest BCUT2D eigenvalue weighted by Crippen LogP contribution is 2.36. The number of fused-ring (bicyclic) bond motifs is 3. The molecule has 3 heteroatoms. The second-order valence-corrected chi connectivity index (χ2v) is 5.38. The van der Waals surface area contributed by atoms with Crippen molar-refractivity contribution in [3.63, 3.8) is 0 Å². The molecule has 0 bridgehead atoms. The average Bonchev–Trinajstić information content (AvgIpc) is 2.57. The lowest BCUT2D eigenvalue weighted by atomic mass is 10.1. The first kappa shape index (κ1) is 10.4. The molecule has 0 fully saturated rings. The van der Waals surface area contributed by atoms with Crippen molar-refractivity contribution in [3.05, 3.63) is 29.5 Å². The van der Waals surface area contributed by atoms with E-state index in [0.29, 0.717) is 0 Å². The van der Waals surface area contributed by atoms with E-state index in [4.69, 9.17) is 4.74 Å². The van der Waals surface area contributed by atoms with Crippen LogP contribution in [0.25, 0.3) is 10.9 Å². The molecule has 2 aromatic rings. The minimum absolute atomic E-state index is 0.809. The number of nitrogens with zero attached hydrogens (tertiary/aromatic N) is 2. The van der Waals surface area contributed by atoms with Crippen molar-refractivity contribution in [2.24, 2.45) is 0 Å². The summed E-state index contributed by atoms with van der Waals surface area (Å²) in [5, 5.41) is 1.41. The Bertz CT molecular complexity index is 614. The van der Waals surface area contributed by atoms with E-state index in [1.54, 1.807) is 11.3 Å². The summed E-state index contributed by atoms with van der Waals surface area (Å²) < 4.78 is 8.30. The van der Waals surface area contributed by atoms with Crippen molar-refractivity contribution in [1.82, 2.24) is 9.47 Å². The molecule has 0 saturated carbocycles. The standard InChI is InChI=1S/C15H18N2O/c1-16-7-5-11-12-3-2-4-14-15(12)17(9-10-18-14)13(11)6-8-16/h2-4H,5-10H2,1H3. The van der Waals surface area contributed by atoms with E-state index >= 15 is 0 Å². The molecule has 2 aliphatic heterocycles. The van der Waals surface area contributed by atoms with Crippen LogP contribution in [-0.2, 0) is 19.4 Å². The second kappa shape index (κ2) is 3.75. The molecule has 3 heterocycles. The molecule has 0 radical (unpaired) electrons. The third kappa shape index (κ3) is 1.34. The topological polar surface area (TPSA) is 17.4 Å². The average molecular weight is 242 g/mol. The van der Waals surface area contributed by atoms with E-state index in [2.05, 4.69) is 34.7 Å². The smallest absolute Gasteiger partial charge is 0.143 e. The Balaban J connectivity index is 2.01. The number of aromatic nitrogens is 1. The van der Waals surface area contributed by atoms with Gasteiger partial charge in [-0.15, -0.1) is 0 Å². The molecule has 3 nitrogen and oxygen atoms in total. The summed E-state index contributed by atoms with van der Waals surface area (Å²) in [6.07, 6.45) is 2.33. The van der Waals surface area contributed by atoms with Gasteiger partial charge in [0.15, 0.2) is 0 Å². The highest BCUT2D eigenvalue weighted by molar-refractivity contribution is 5.91. The Labute approximate surface area is 107 Å². The highest BCUT2D eigenvalue weighted by Gasteiger charge is 2.24. The first-order chi connectivity index (χ1) is 8.84.